The van der Waals surface area contributed by atoms with Gasteiger partial charge in [0.25, 0.3) is 11.8 Å². The molecule has 1 spiro atoms. The number of methoxy groups -OCH3 is 1. The maximum absolute atomic E-state index is 14.5. The highest BCUT2D eigenvalue weighted by Gasteiger charge is 2.52. The molecule has 1 saturated carbocycles. The van der Waals surface area contributed by atoms with Gasteiger partial charge in [-0.25, -0.2) is 0 Å². The average molecular weight is 610 g/mol. The molecule has 4 N–H and O–H groups in total. The smallest absolute Gasteiger partial charge is 0.275 e. The third-order valence-electron chi connectivity index (χ3n) is 9.81. The summed E-state index contributed by atoms with van der Waals surface area (Å²) in [6.45, 7) is 9.02. The second-order valence-corrected chi connectivity index (χ2v) is 13.6. The Hall–Kier alpha value is -4.20. The van der Waals surface area contributed by atoms with Crippen molar-refractivity contribution in [1.82, 2.24) is 10.2 Å². The SMILES string of the molecule is CC[C@H](c1ccc(C(=O)NCC(=N)N)cc1)N1C(=O)C(c2ccc(C3C=CC(OC)=CC3)cc2)=NC12CCC(C(C)(C)C)CC2. The van der Waals surface area contributed by atoms with Crippen molar-refractivity contribution in [3.63, 3.8) is 0 Å². The molecule has 1 fully saturated rings. The van der Waals surface area contributed by atoms with Gasteiger partial charge in [0.05, 0.1) is 19.7 Å². The van der Waals surface area contributed by atoms with Gasteiger partial charge in [0.1, 0.15) is 23.0 Å². The molecule has 0 radical (unpaired) electrons. The Labute approximate surface area is 267 Å². The predicted octanol–water partition coefficient (Wildman–Crippen LogP) is 6.64. The molecule has 1 unspecified atom stereocenters. The Kier molecular flexibility index (Phi) is 9.33. The Morgan fingerprint density at radius 2 is 1.80 bits per heavy atom. The number of nitrogens with one attached hydrogen (secondary N) is 2. The molecule has 238 valence electrons. The van der Waals surface area contributed by atoms with Gasteiger partial charge < -0.3 is 20.7 Å². The highest BCUT2D eigenvalue weighted by molar-refractivity contribution is 6.46. The first kappa shape index (κ1) is 32.2. The largest absolute Gasteiger partial charge is 0.497 e. The number of benzene rings is 2. The molecular weight excluding hydrogens is 562 g/mol. The lowest BCUT2D eigenvalue weighted by atomic mass is 9.69. The van der Waals surface area contributed by atoms with Crippen LogP contribution in [0.4, 0.5) is 0 Å². The highest BCUT2D eigenvalue weighted by atomic mass is 16.5. The van der Waals surface area contributed by atoms with Gasteiger partial charge >= 0.3 is 0 Å². The number of carbonyl (C=O) groups is 2. The number of amides is 2. The fourth-order valence-electron chi connectivity index (χ4n) is 7.12. The van der Waals surface area contributed by atoms with Crippen LogP contribution in [0.15, 0.2) is 77.5 Å². The minimum Gasteiger partial charge on any atom is -0.497 e. The summed E-state index contributed by atoms with van der Waals surface area (Å²) in [5.41, 5.74) is 9.05. The van der Waals surface area contributed by atoms with Crippen LogP contribution in [-0.2, 0) is 9.53 Å². The van der Waals surface area contributed by atoms with E-state index < -0.39 is 5.66 Å². The van der Waals surface area contributed by atoms with Crippen molar-refractivity contribution in [3.05, 3.63) is 94.8 Å². The number of aliphatic imine (C=N–C) groups is 1. The number of ether oxygens (including phenoxy) is 1. The van der Waals surface area contributed by atoms with Crippen LogP contribution in [-0.4, -0.2) is 47.6 Å². The molecule has 1 aliphatic heterocycles. The lowest BCUT2D eigenvalue weighted by Crippen LogP contribution is -2.51. The highest BCUT2D eigenvalue weighted by Crippen LogP contribution is 2.49. The van der Waals surface area contributed by atoms with Gasteiger partial charge in [0, 0.05) is 17.0 Å². The number of hydrogen-bond acceptors (Lipinski definition) is 5. The number of nitrogens with two attached hydrogens (primary N) is 1. The van der Waals surface area contributed by atoms with Gasteiger partial charge in [-0.15, -0.1) is 0 Å². The zero-order chi connectivity index (χ0) is 32.4. The predicted molar refractivity (Wildman–Crippen MR) is 179 cm³/mol. The Morgan fingerprint density at radius 1 is 1.13 bits per heavy atom. The van der Waals surface area contributed by atoms with Crippen LogP contribution in [0.5, 0.6) is 0 Å². The molecule has 45 heavy (non-hydrogen) atoms. The average Bonchev–Trinajstić information content (AvgIpc) is 3.31. The molecule has 2 aromatic rings. The first-order valence-electron chi connectivity index (χ1n) is 16.1. The van der Waals surface area contributed by atoms with Crippen LogP contribution in [0.2, 0.25) is 0 Å². The summed E-state index contributed by atoms with van der Waals surface area (Å²) in [6, 6.07) is 15.6. The van der Waals surface area contributed by atoms with Crippen LogP contribution in [0.3, 0.4) is 0 Å². The van der Waals surface area contributed by atoms with Crippen molar-refractivity contribution in [1.29, 1.82) is 5.41 Å². The topological polar surface area (TPSA) is 121 Å². The summed E-state index contributed by atoms with van der Waals surface area (Å²) < 4.78 is 5.35. The zero-order valence-corrected chi connectivity index (χ0v) is 27.2. The molecule has 5 rings (SSSR count). The van der Waals surface area contributed by atoms with E-state index in [1.165, 1.54) is 5.56 Å². The van der Waals surface area contributed by atoms with Gasteiger partial charge in [-0.05, 0) is 85.3 Å². The standard InChI is InChI=1S/C37H47N5O3/c1-6-31(26-9-13-28(14-10-26)34(43)40-23-32(38)39)42-35(44)33(41-37(42)21-19-29(20-22-37)36(2,3)4)27-11-7-24(8-12-27)25-15-17-30(45-5)18-16-25/h7-15,17-18,25,29,31H,6,16,19-23H2,1-5H3,(H3,38,39)(H,40,43)/t25?,29?,31-,37?/m1/s1. The van der Waals surface area contributed by atoms with Crippen LogP contribution in [0.1, 0.15) is 105 Å². The Bertz CT molecular complexity index is 1510. The molecule has 0 aromatic heterocycles. The summed E-state index contributed by atoms with van der Waals surface area (Å²) in [5, 5.41) is 10.0. The van der Waals surface area contributed by atoms with E-state index >= 15 is 0 Å². The first-order valence-corrected chi connectivity index (χ1v) is 16.1. The van der Waals surface area contributed by atoms with Crippen molar-refractivity contribution in [2.75, 3.05) is 13.7 Å². The first-order chi connectivity index (χ1) is 21.5. The minimum absolute atomic E-state index is 0.00276. The summed E-state index contributed by atoms with van der Waals surface area (Å²) in [5.74, 6) is 1.31. The maximum atomic E-state index is 14.5. The van der Waals surface area contributed by atoms with Crippen LogP contribution in [0, 0.1) is 16.7 Å². The van der Waals surface area contributed by atoms with Crippen molar-refractivity contribution < 1.29 is 14.3 Å². The maximum Gasteiger partial charge on any atom is 0.275 e. The fourth-order valence-corrected chi connectivity index (χ4v) is 7.12. The van der Waals surface area contributed by atoms with Gasteiger partial charge in [0.2, 0.25) is 0 Å². The number of nitrogens with zero attached hydrogens (tertiary/aromatic N) is 2. The molecule has 2 aromatic carbocycles. The van der Waals surface area contributed by atoms with E-state index in [1.54, 1.807) is 19.2 Å². The number of rotatable bonds is 9. The van der Waals surface area contributed by atoms with Crippen molar-refractivity contribution in [2.45, 2.75) is 83.8 Å². The van der Waals surface area contributed by atoms with Gasteiger partial charge in [-0.2, -0.15) is 0 Å². The third kappa shape index (κ3) is 6.75. The third-order valence-corrected chi connectivity index (χ3v) is 9.81. The number of hydrogen-bond donors (Lipinski definition) is 3. The molecule has 8 nitrogen and oxygen atoms in total. The Morgan fingerprint density at radius 3 is 2.33 bits per heavy atom. The molecule has 2 amide bonds. The molecule has 0 bridgehead atoms. The van der Waals surface area contributed by atoms with E-state index in [0.29, 0.717) is 17.2 Å². The molecule has 8 heteroatoms. The normalized spacial score (nSPS) is 23.8. The van der Waals surface area contributed by atoms with E-state index in [-0.39, 0.29) is 41.6 Å². The van der Waals surface area contributed by atoms with E-state index in [2.05, 4.69) is 62.2 Å². The van der Waals surface area contributed by atoms with Gasteiger partial charge in [-0.1, -0.05) is 70.2 Å². The van der Waals surface area contributed by atoms with Gasteiger partial charge in [-0.3, -0.25) is 20.0 Å². The van der Waals surface area contributed by atoms with E-state index in [0.717, 1.165) is 55.4 Å². The van der Waals surface area contributed by atoms with E-state index in [9.17, 15) is 9.59 Å². The lowest BCUT2D eigenvalue weighted by molar-refractivity contribution is -0.133. The fraction of sp³-hybridized carbons (Fsp3) is 0.459. The number of allylic oxidation sites excluding steroid dienone is 3. The summed E-state index contributed by atoms with van der Waals surface area (Å²) >= 11 is 0. The molecule has 1 heterocycles. The lowest BCUT2D eigenvalue weighted by Gasteiger charge is -2.47. The van der Waals surface area contributed by atoms with Crippen molar-refractivity contribution >= 4 is 23.4 Å². The van der Waals surface area contributed by atoms with Crippen molar-refractivity contribution in [3.8, 4) is 0 Å². The summed E-state index contributed by atoms with van der Waals surface area (Å²) in [7, 11) is 1.69. The summed E-state index contributed by atoms with van der Waals surface area (Å²) in [6.07, 6.45) is 11.6. The number of amidine groups is 1. The second kappa shape index (κ2) is 13.0. The molecule has 2 aliphatic carbocycles. The monoisotopic (exact) mass is 609 g/mol. The number of carbonyl (C=O) groups excluding carboxylic acids is 2. The molecule has 0 saturated heterocycles. The quantitative estimate of drug-likeness (QED) is 0.218. The van der Waals surface area contributed by atoms with Crippen molar-refractivity contribution in [2.24, 2.45) is 22.1 Å². The molecule has 2 atom stereocenters. The Balaban J connectivity index is 1.44. The summed E-state index contributed by atoms with van der Waals surface area (Å²) in [4.78, 5) is 34.4. The van der Waals surface area contributed by atoms with Crippen LogP contribution in [0.25, 0.3) is 0 Å². The minimum atomic E-state index is -0.599. The molecular formula is C37H47N5O3. The van der Waals surface area contributed by atoms with Gasteiger partial charge in [0.15, 0.2) is 0 Å². The van der Waals surface area contributed by atoms with Crippen LogP contribution >= 0.6 is 0 Å². The van der Waals surface area contributed by atoms with E-state index in [4.69, 9.17) is 20.9 Å². The van der Waals surface area contributed by atoms with Crippen LogP contribution < -0.4 is 11.1 Å². The second-order valence-electron chi connectivity index (χ2n) is 13.6. The zero-order valence-electron chi connectivity index (χ0n) is 27.2. The molecule has 3 aliphatic rings. The van der Waals surface area contributed by atoms with E-state index in [1.807, 2.05) is 30.3 Å².